The Morgan fingerprint density at radius 1 is 0.304 bits per heavy atom. The molecule has 0 aliphatic heterocycles. The van der Waals surface area contributed by atoms with Gasteiger partial charge < -0.3 is 77.0 Å². The second-order valence-electron chi connectivity index (χ2n) is 1.79. The first-order chi connectivity index (χ1) is 8.00. The molecule has 0 spiro atoms. The van der Waals surface area contributed by atoms with Gasteiger partial charge >= 0.3 is 0 Å². The van der Waals surface area contributed by atoms with Crippen molar-refractivity contribution in [3.63, 3.8) is 0 Å². The molecule has 0 bridgehead atoms. The molecule has 0 amide bonds. The molecular weight excluding hydrogens is 1000 g/mol. The summed E-state index contributed by atoms with van der Waals surface area (Å²) in [5.41, 5.74) is 0. The minimum absolute atomic E-state index is 0. The van der Waals surface area contributed by atoms with Gasteiger partial charge in [0.05, 0.1) is 0 Å². The largest absolute Gasteiger partial charge is 0.822 e. The fourth-order valence-electron chi connectivity index (χ4n) is 0. The smallest absolute Gasteiger partial charge is 0 e. The normalized spacial score (nSPS) is 10.3. The summed E-state index contributed by atoms with van der Waals surface area (Å²) in [4.78, 5) is 103. The monoisotopic (exact) mass is 1000 g/mol. The van der Waals surface area contributed by atoms with Crippen LogP contribution in [0.1, 0.15) is 0 Å². The van der Waals surface area contributed by atoms with Gasteiger partial charge in [0.25, 0.3) is 0 Å². The Labute approximate surface area is 188 Å². The van der Waals surface area contributed by atoms with E-state index >= 15 is 0 Å². The van der Waals surface area contributed by atoms with E-state index in [9.17, 15) is 0 Å². The van der Waals surface area contributed by atoms with Gasteiger partial charge in [-0.25, -0.2) is 0 Å². The number of phosphoric acid groups is 4. The first kappa shape index (κ1) is 45.1. The third kappa shape index (κ3) is 1320. The molecule has 0 saturated heterocycles. The van der Waals surface area contributed by atoms with Gasteiger partial charge in [-0.3, -0.25) is 0 Å². The van der Waals surface area contributed by atoms with E-state index in [0.717, 1.165) is 0 Å². The van der Waals surface area contributed by atoms with E-state index in [-0.39, 0.29) is 81.9 Å². The van der Waals surface area contributed by atoms with Crippen molar-refractivity contribution < 1.29 is 77.0 Å². The van der Waals surface area contributed by atoms with Gasteiger partial charge in [-0.05, 0) is 0 Å². The van der Waals surface area contributed by atoms with E-state index in [0.29, 0.717) is 0 Å². The van der Waals surface area contributed by atoms with Crippen molar-refractivity contribution >= 4 is 113 Å². The Bertz CT molecular complexity index is 292. The van der Waals surface area contributed by atoms with Gasteiger partial charge in [-0.2, -0.15) is 31.3 Å². The number of hydrogen-bond donors (Lipinski definition) is 0. The van der Waals surface area contributed by atoms with Crippen LogP contribution in [0.25, 0.3) is 0 Å². The van der Waals surface area contributed by atoms with Crippen LogP contribution >= 0.6 is 31.3 Å². The van der Waals surface area contributed by atoms with Crippen LogP contribution < -0.4 is 58.7 Å². The molecule has 12 radical (unpaired) electrons. The van der Waals surface area contributed by atoms with Gasteiger partial charge in [0.1, 0.15) is 0 Å². The third-order valence-corrected chi connectivity index (χ3v) is 0. The predicted octanol–water partition coefficient (Wildman–Crippen LogP) is -12.4. The average Bonchev–Trinajstić information content (AvgIpc) is 1.62. The Morgan fingerprint density at radius 3 is 0.304 bits per heavy atom. The second kappa shape index (κ2) is 20.0. The molecule has 0 aromatic rings. The van der Waals surface area contributed by atoms with E-state index < -0.39 is 31.3 Å². The van der Waals surface area contributed by atoms with Crippen molar-refractivity contribution in [1.29, 1.82) is 0 Å². The summed E-state index contributed by atoms with van der Waals surface area (Å²) in [6.07, 6.45) is 0. The van der Waals surface area contributed by atoms with Crippen LogP contribution in [0.5, 0.6) is 0 Å². The molecule has 0 aromatic heterocycles. The van der Waals surface area contributed by atoms with Gasteiger partial charge in [0.2, 0.25) is 0 Å². The molecule has 0 N–H and O–H groups in total. The molecule has 0 aromatic carbocycles. The zero-order valence-electron chi connectivity index (χ0n) is 9.82. The number of hydrogen-bond acceptors (Lipinski definition) is 16. The molecule has 0 aliphatic rings. The zero-order valence-corrected chi connectivity index (χ0v) is 25.1. The van der Waals surface area contributed by atoms with Crippen molar-refractivity contribution in [1.82, 2.24) is 0 Å². The van der Waals surface area contributed by atoms with Gasteiger partial charge in [-0.15, -0.1) is 0 Å². The quantitative estimate of drug-likeness (QED) is 0.161. The van der Waals surface area contributed by atoms with Crippen LogP contribution in [0.3, 0.4) is 0 Å². The van der Waals surface area contributed by atoms with E-state index in [1.807, 2.05) is 0 Å². The molecule has 0 atom stereocenters. The van der Waals surface area contributed by atoms with Crippen molar-refractivity contribution in [2.75, 3.05) is 0 Å². The Kier molecular flexibility index (Phi) is 39.2. The second-order valence-corrected chi connectivity index (χ2v) is 5.37. The van der Waals surface area contributed by atoms with E-state index in [4.69, 9.17) is 77.0 Å². The first-order valence-corrected chi connectivity index (χ1v) is 8.76. The maximum Gasteiger partial charge on any atom is 0 e. The van der Waals surface area contributed by atoms with Crippen molar-refractivity contribution in [2.24, 2.45) is 0 Å². The Hall–Kier alpha value is 3.21. The average molecular weight is 1000 g/mol. The first-order valence-electron chi connectivity index (χ1n) is 2.92. The van der Waals surface area contributed by atoms with Crippen molar-refractivity contribution in [3.05, 3.63) is 0 Å². The zero-order chi connectivity index (χ0) is 18.0. The molecule has 0 rings (SSSR count). The molecular formula is O16P4Pb3-12. The Morgan fingerprint density at radius 2 is 0.304 bits per heavy atom. The van der Waals surface area contributed by atoms with Gasteiger partial charge in [-0.1, -0.05) is 0 Å². The van der Waals surface area contributed by atoms with Gasteiger partial charge in [0.15, 0.2) is 0 Å². The standard InChI is InChI=1S/4H3O4P.3Pb/c4*1-5(2,3)4;;;/h4*(H3,1,2,3,4);;;/p-12. The molecule has 0 saturated carbocycles. The maximum atomic E-state index is 8.55. The van der Waals surface area contributed by atoms with Crippen LogP contribution in [0, 0.1) is 0 Å². The minimum atomic E-state index is -5.39. The summed E-state index contributed by atoms with van der Waals surface area (Å²) in [5, 5.41) is 0. The van der Waals surface area contributed by atoms with Crippen molar-refractivity contribution in [2.45, 2.75) is 0 Å². The fourth-order valence-corrected chi connectivity index (χ4v) is 0. The van der Waals surface area contributed by atoms with E-state index in [2.05, 4.69) is 0 Å². The summed E-state index contributed by atoms with van der Waals surface area (Å²) < 4.78 is 34.2. The minimum Gasteiger partial charge on any atom is -0.822 e. The molecule has 23 heteroatoms. The van der Waals surface area contributed by atoms with Crippen LogP contribution in [0.15, 0.2) is 0 Å². The molecule has 0 unspecified atom stereocenters. The molecule has 0 aliphatic carbocycles. The van der Waals surface area contributed by atoms with Gasteiger partial charge in [0, 0.05) is 81.9 Å². The molecule has 140 valence electrons. The molecule has 0 fully saturated rings. The fraction of sp³-hybridized carbons (Fsp3) is 0. The summed E-state index contributed by atoms with van der Waals surface area (Å²) >= 11 is 0. The SMILES string of the molecule is O=P([O-])([O-])[O-].O=P([O-])([O-])[O-].O=P([O-])([O-])[O-].O=P([O-])([O-])[O-].[Pb].[Pb].[Pb]. The summed E-state index contributed by atoms with van der Waals surface area (Å²) in [7, 11) is -21.6. The third-order valence-electron chi connectivity index (χ3n) is 0. The summed E-state index contributed by atoms with van der Waals surface area (Å²) in [6.45, 7) is 0. The summed E-state index contributed by atoms with van der Waals surface area (Å²) in [6, 6.07) is 0. The van der Waals surface area contributed by atoms with Crippen molar-refractivity contribution in [3.8, 4) is 0 Å². The van der Waals surface area contributed by atoms with Crippen LogP contribution in [-0.4, -0.2) is 81.9 Å². The van der Waals surface area contributed by atoms with Crippen LogP contribution in [0.4, 0.5) is 0 Å². The topological polar surface area (TPSA) is 345 Å². The van der Waals surface area contributed by atoms with E-state index in [1.165, 1.54) is 0 Å². The van der Waals surface area contributed by atoms with E-state index in [1.54, 1.807) is 0 Å². The Balaban J connectivity index is -0.0000000284. The predicted molar refractivity (Wildman–Crippen MR) is 47.7 cm³/mol. The maximum absolute atomic E-state index is 8.55. The molecule has 0 heterocycles. The molecule has 16 nitrogen and oxygen atoms in total. The summed E-state index contributed by atoms with van der Waals surface area (Å²) in [5.74, 6) is 0. The molecule has 23 heavy (non-hydrogen) atoms. The van der Waals surface area contributed by atoms with Crippen LogP contribution in [0.2, 0.25) is 0 Å². The number of rotatable bonds is 0. The van der Waals surface area contributed by atoms with Crippen LogP contribution in [-0.2, 0) is 18.3 Å².